The van der Waals surface area contributed by atoms with E-state index in [2.05, 4.69) is 43.5 Å². The maximum atomic E-state index is 13.9. The molecule has 4 aromatic carbocycles. The van der Waals surface area contributed by atoms with Crippen molar-refractivity contribution in [2.24, 2.45) is 7.05 Å². The molecule has 6 aromatic rings. The molecule has 0 unspecified atom stereocenters. The maximum Gasteiger partial charge on any atom is 0.355 e. The van der Waals surface area contributed by atoms with Gasteiger partial charge in [0.25, 0.3) is 0 Å². The minimum absolute atomic E-state index is 0.170. The monoisotopic (exact) mass is 769 g/mol. The molecule has 1 N–H and O–H groups in total. The van der Waals surface area contributed by atoms with Gasteiger partial charge in [-0.15, -0.1) is 13.2 Å². The highest BCUT2D eigenvalue weighted by Gasteiger charge is 2.32. The fourth-order valence-corrected chi connectivity index (χ4v) is 7.88. The van der Waals surface area contributed by atoms with E-state index in [9.17, 15) is 9.90 Å². The Morgan fingerprint density at radius 1 is 0.930 bits per heavy atom. The molecule has 10 heteroatoms. The van der Waals surface area contributed by atoms with Gasteiger partial charge in [-0.1, -0.05) is 78.9 Å². The van der Waals surface area contributed by atoms with Crippen molar-refractivity contribution in [2.75, 3.05) is 33.0 Å². The number of hydrogen-bond donors (Lipinski definition) is 1. The Hall–Kier alpha value is -5.68. The smallest absolute Gasteiger partial charge is 0.355 e. The van der Waals surface area contributed by atoms with Crippen LogP contribution in [0.1, 0.15) is 59.2 Å². The van der Waals surface area contributed by atoms with Crippen LogP contribution < -0.4 is 9.47 Å². The first-order valence-electron chi connectivity index (χ1n) is 19.7. The van der Waals surface area contributed by atoms with Gasteiger partial charge in [0.1, 0.15) is 29.5 Å². The van der Waals surface area contributed by atoms with E-state index in [1.165, 1.54) is 0 Å². The highest BCUT2D eigenvalue weighted by Crippen LogP contribution is 2.40. The summed E-state index contributed by atoms with van der Waals surface area (Å²) in [4.78, 5) is 13.9. The van der Waals surface area contributed by atoms with E-state index in [1.807, 2.05) is 77.8 Å². The van der Waals surface area contributed by atoms with E-state index in [1.54, 1.807) is 12.2 Å². The van der Waals surface area contributed by atoms with Crippen molar-refractivity contribution in [1.29, 1.82) is 0 Å². The van der Waals surface area contributed by atoms with E-state index >= 15 is 0 Å². The number of allylic oxidation sites excluding steroid dienone is 1. The number of carbonyl (C=O) groups excluding carboxylic acids is 1. The SMILES string of the molecule is C=CCOCc1c(-c2cccc3c(CCCOc4cccc5ccccc45)c(C(=O)OCC)n(CC=C)c23)c(COc2ccc(C3(O)CCOCC3)cc2)nn1C. The van der Waals surface area contributed by atoms with Crippen molar-refractivity contribution in [1.82, 2.24) is 14.3 Å². The lowest BCUT2D eigenvalue weighted by Gasteiger charge is -2.32. The summed E-state index contributed by atoms with van der Waals surface area (Å²) < 4.78 is 33.8. The highest BCUT2D eigenvalue weighted by atomic mass is 16.5. The van der Waals surface area contributed by atoms with Crippen LogP contribution in [0.2, 0.25) is 0 Å². The van der Waals surface area contributed by atoms with E-state index in [0.29, 0.717) is 75.8 Å². The van der Waals surface area contributed by atoms with Crippen molar-refractivity contribution < 1.29 is 33.6 Å². The summed E-state index contributed by atoms with van der Waals surface area (Å²) in [6.45, 7) is 12.7. The van der Waals surface area contributed by atoms with Gasteiger partial charge in [0, 0.05) is 61.5 Å². The van der Waals surface area contributed by atoms with Gasteiger partial charge in [-0.25, -0.2) is 4.79 Å². The van der Waals surface area contributed by atoms with Gasteiger partial charge in [-0.2, -0.15) is 5.10 Å². The molecule has 0 saturated carbocycles. The highest BCUT2D eigenvalue weighted by molar-refractivity contribution is 6.05. The van der Waals surface area contributed by atoms with Gasteiger partial charge in [0.05, 0.1) is 43.2 Å². The lowest BCUT2D eigenvalue weighted by atomic mass is 9.86. The largest absolute Gasteiger partial charge is 0.493 e. The maximum absolute atomic E-state index is 13.9. The second-order valence-corrected chi connectivity index (χ2v) is 14.2. The Morgan fingerprint density at radius 3 is 2.46 bits per heavy atom. The molecule has 0 radical (unpaired) electrons. The van der Waals surface area contributed by atoms with Crippen molar-refractivity contribution in [3.05, 3.63) is 138 Å². The molecule has 0 atom stereocenters. The average Bonchev–Trinajstić information content (AvgIpc) is 3.72. The molecule has 0 aliphatic carbocycles. The summed E-state index contributed by atoms with van der Waals surface area (Å²) in [5, 5.41) is 19.3. The summed E-state index contributed by atoms with van der Waals surface area (Å²) in [7, 11) is 1.90. The van der Waals surface area contributed by atoms with Crippen molar-refractivity contribution >= 4 is 27.6 Å². The van der Waals surface area contributed by atoms with Gasteiger partial charge in [-0.05, 0) is 54.5 Å². The number of nitrogens with zero attached hydrogens (tertiary/aromatic N) is 3. The lowest BCUT2D eigenvalue weighted by Crippen LogP contribution is -2.33. The Balaban J connectivity index is 1.25. The van der Waals surface area contributed by atoms with E-state index in [0.717, 1.165) is 55.4 Å². The molecule has 0 amide bonds. The molecule has 1 fully saturated rings. The molecule has 57 heavy (non-hydrogen) atoms. The normalized spacial score (nSPS) is 13.8. The summed E-state index contributed by atoms with van der Waals surface area (Å²) in [5.41, 5.74) is 5.53. The van der Waals surface area contributed by atoms with Gasteiger partial charge in [0.2, 0.25) is 0 Å². The molecule has 1 aliphatic heterocycles. The van der Waals surface area contributed by atoms with E-state index < -0.39 is 5.60 Å². The number of ether oxygens (including phenoxy) is 5. The number of hydrogen-bond acceptors (Lipinski definition) is 8. The van der Waals surface area contributed by atoms with Crippen LogP contribution in [0.25, 0.3) is 32.8 Å². The predicted octanol–water partition coefficient (Wildman–Crippen LogP) is 8.85. The second-order valence-electron chi connectivity index (χ2n) is 14.2. The van der Waals surface area contributed by atoms with Crippen LogP contribution in [-0.2, 0) is 53.0 Å². The van der Waals surface area contributed by atoms with Crippen molar-refractivity contribution in [2.45, 2.75) is 58.0 Å². The molecule has 3 heterocycles. The number of aromatic nitrogens is 3. The number of para-hydroxylation sites is 1. The number of aryl methyl sites for hydroxylation is 2. The zero-order chi connectivity index (χ0) is 39.8. The third-order valence-corrected chi connectivity index (χ3v) is 10.6. The molecule has 1 aliphatic rings. The first-order chi connectivity index (χ1) is 27.9. The van der Waals surface area contributed by atoms with Crippen molar-refractivity contribution in [3.8, 4) is 22.6 Å². The molecule has 7 rings (SSSR count). The van der Waals surface area contributed by atoms with Gasteiger partial charge in [0.15, 0.2) is 0 Å². The Labute approximate surface area is 333 Å². The number of benzene rings is 4. The second kappa shape index (κ2) is 18.1. The number of esters is 1. The minimum Gasteiger partial charge on any atom is -0.493 e. The van der Waals surface area contributed by atoms with Gasteiger partial charge >= 0.3 is 5.97 Å². The van der Waals surface area contributed by atoms with Gasteiger partial charge in [-0.3, -0.25) is 4.68 Å². The number of rotatable bonds is 18. The van der Waals surface area contributed by atoms with Crippen LogP contribution in [0.3, 0.4) is 0 Å². The summed E-state index contributed by atoms with van der Waals surface area (Å²) >= 11 is 0. The third-order valence-electron chi connectivity index (χ3n) is 10.6. The van der Waals surface area contributed by atoms with Crippen LogP contribution >= 0.6 is 0 Å². The Morgan fingerprint density at radius 2 is 1.68 bits per heavy atom. The molecule has 10 nitrogen and oxygen atoms in total. The number of aliphatic hydroxyl groups is 1. The van der Waals surface area contributed by atoms with Crippen LogP contribution in [-0.4, -0.2) is 58.5 Å². The first-order valence-corrected chi connectivity index (χ1v) is 19.7. The summed E-state index contributed by atoms with van der Waals surface area (Å²) in [5.74, 6) is 1.10. The van der Waals surface area contributed by atoms with Crippen LogP contribution in [0, 0.1) is 0 Å². The van der Waals surface area contributed by atoms with Crippen LogP contribution in [0.4, 0.5) is 0 Å². The lowest BCUT2D eigenvalue weighted by molar-refractivity contribution is -0.0679. The molecule has 2 aromatic heterocycles. The first kappa shape index (κ1) is 39.6. The van der Waals surface area contributed by atoms with E-state index in [-0.39, 0.29) is 25.8 Å². The molecular weight excluding hydrogens is 719 g/mol. The van der Waals surface area contributed by atoms with Crippen LogP contribution in [0.15, 0.2) is 110 Å². The predicted molar refractivity (Wildman–Crippen MR) is 223 cm³/mol. The zero-order valence-electron chi connectivity index (χ0n) is 32.9. The molecular formula is C47H51N3O7. The number of fused-ring (bicyclic) bond motifs is 2. The van der Waals surface area contributed by atoms with Gasteiger partial charge < -0.3 is 33.4 Å². The van der Waals surface area contributed by atoms with E-state index in [4.69, 9.17) is 28.8 Å². The molecule has 0 bridgehead atoms. The topological polar surface area (TPSA) is 106 Å². The Bertz CT molecular complexity index is 2350. The third kappa shape index (κ3) is 8.39. The average molecular weight is 770 g/mol. The summed E-state index contributed by atoms with van der Waals surface area (Å²) in [6.07, 6.45) is 5.88. The molecule has 0 spiro atoms. The van der Waals surface area contributed by atoms with Crippen LogP contribution in [0.5, 0.6) is 11.5 Å². The molecule has 296 valence electrons. The Kier molecular flexibility index (Phi) is 12.5. The quantitative estimate of drug-likeness (QED) is 0.0526. The fraction of sp³-hybridized carbons (Fsp3) is 0.319. The van der Waals surface area contributed by atoms with Crippen molar-refractivity contribution in [3.63, 3.8) is 0 Å². The summed E-state index contributed by atoms with van der Waals surface area (Å²) in [6, 6.07) is 28.0. The molecule has 1 saturated heterocycles. The fourth-order valence-electron chi connectivity index (χ4n) is 7.88. The standard InChI is InChI=1S/C47H51N3O7/c1-5-26-50-44-37(38(45(50)46(51)55-7-3)18-12-28-56-42-19-10-14-33-13-8-9-15-36(33)42)16-11-17-39(44)43-40(48-49(4)41(43)32-54-27-6-2)31-57-35-22-20-34(21-23-35)47(52)24-29-53-30-25-47/h5-6,8-11,13-17,19-23,52H,1-2,7,12,18,24-32H2,3-4H3. The number of carbonyl (C=O) groups is 1. The zero-order valence-corrected chi connectivity index (χ0v) is 32.9. The minimum atomic E-state index is -0.907.